The van der Waals surface area contributed by atoms with Gasteiger partial charge in [-0.05, 0) is 13.8 Å². The number of carbonyl (C=O) groups is 1. The monoisotopic (exact) mass is 257 g/mol. The van der Waals surface area contributed by atoms with Crippen molar-refractivity contribution in [3.8, 4) is 0 Å². The Morgan fingerprint density at radius 1 is 1.35 bits per heavy atom. The summed E-state index contributed by atoms with van der Waals surface area (Å²) in [6.07, 6.45) is 0.657. The van der Waals surface area contributed by atoms with Gasteiger partial charge in [0, 0.05) is 55.7 Å². The number of nitrogens with zero attached hydrogens (tertiary/aromatic N) is 1. The van der Waals surface area contributed by atoms with E-state index in [-0.39, 0.29) is 0 Å². The van der Waals surface area contributed by atoms with E-state index < -0.39 is 0 Å². The van der Waals surface area contributed by atoms with Gasteiger partial charge in [0.2, 0.25) is 5.91 Å². The Balaban J connectivity index is 1.85. The van der Waals surface area contributed by atoms with Crippen LogP contribution in [0.5, 0.6) is 0 Å². The summed E-state index contributed by atoms with van der Waals surface area (Å²) >= 11 is 1.95. The molecule has 0 aromatic rings. The predicted octanol–water partition coefficient (Wildman–Crippen LogP) is 0.290. The number of piperazine rings is 1. The lowest BCUT2D eigenvalue weighted by atomic mass is 10.1. The maximum Gasteiger partial charge on any atom is 0.224 e. The Hall–Kier alpha value is -0.260. The molecule has 2 aliphatic rings. The van der Waals surface area contributed by atoms with E-state index in [9.17, 15) is 4.79 Å². The molecule has 1 amide bonds. The van der Waals surface area contributed by atoms with E-state index in [1.165, 1.54) is 5.75 Å². The summed E-state index contributed by atoms with van der Waals surface area (Å²) in [5, 5.41) is 6.84. The number of hydrogen-bond donors (Lipinski definition) is 2. The summed E-state index contributed by atoms with van der Waals surface area (Å²) in [6.45, 7) is 7.10. The number of amides is 1. The molecule has 4 nitrogen and oxygen atoms in total. The van der Waals surface area contributed by atoms with Crippen LogP contribution in [-0.2, 0) is 4.79 Å². The Morgan fingerprint density at radius 2 is 2.18 bits per heavy atom. The molecular weight excluding hydrogens is 234 g/mol. The molecule has 0 radical (unpaired) electrons. The molecular formula is C12H23N3OS. The summed E-state index contributed by atoms with van der Waals surface area (Å²) in [5.74, 6) is 2.55. The summed E-state index contributed by atoms with van der Waals surface area (Å²) in [5.41, 5.74) is 0. The molecule has 0 aromatic carbocycles. The zero-order valence-corrected chi connectivity index (χ0v) is 11.6. The van der Waals surface area contributed by atoms with Gasteiger partial charge in [0.15, 0.2) is 0 Å². The first-order valence-electron chi connectivity index (χ1n) is 6.52. The smallest absolute Gasteiger partial charge is 0.224 e. The van der Waals surface area contributed by atoms with Crippen LogP contribution in [0.15, 0.2) is 0 Å². The van der Waals surface area contributed by atoms with Crippen LogP contribution in [-0.4, -0.2) is 60.1 Å². The summed E-state index contributed by atoms with van der Waals surface area (Å²) in [4.78, 5) is 14.3. The largest absolute Gasteiger partial charge is 0.337 e. The molecule has 17 heavy (non-hydrogen) atoms. The number of carbonyl (C=O) groups excluding carboxylic acids is 1. The SMILES string of the molecule is CC1NCCN(C(=O)CC2CSCCN2)C1C. The third-order valence-corrected chi connectivity index (χ3v) is 4.90. The van der Waals surface area contributed by atoms with E-state index in [0.717, 1.165) is 25.4 Å². The molecule has 2 aliphatic heterocycles. The maximum absolute atomic E-state index is 12.3. The van der Waals surface area contributed by atoms with E-state index >= 15 is 0 Å². The molecule has 0 saturated carbocycles. The van der Waals surface area contributed by atoms with E-state index in [0.29, 0.717) is 30.5 Å². The van der Waals surface area contributed by atoms with Gasteiger partial charge in [-0.15, -0.1) is 0 Å². The quantitative estimate of drug-likeness (QED) is 0.746. The Kier molecular flexibility index (Phi) is 4.70. The molecule has 2 rings (SSSR count). The van der Waals surface area contributed by atoms with Gasteiger partial charge in [0.1, 0.15) is 0 Å². The maximum atomic E-state index is 12.3. The highest BCUT2D eigenvalue weighted by Gasteiger charge is 2.29. The molecule has 2 saturated heterocycles. The fourth-order valence-corrected chi connectivity index (χ4v) is 3.44. The second kappa shape index (κ2) is 6.07. The van der Waals surface area contributed by atoms with E-state index in [1.807, 2.05) is 16.7 Å². The van der Waals surface area contributed by atoms with Crippen molar-refractivity contribution in [1.82, 2.24) is 15.5 Å². The van der Waals surface area contributed by atoms with Crippen molar-refractivity contribution >= 4 is 17.7 Å². The van der Waals surface area contributed by atoms with Crippen LogP contribution in [0.1, 0.15) is 20.3 Å². The van der Waals surface area contributed by atoms with Crippen LogP contribution in [0.4, 0.5) is 0 Å². The molecule has 0 aliphatic carbocycles. The third-order valence-electron chi connectivity index (χ3n) is 3.77. The summed E-state index contributed by atoms with van der Waals surface area (Å²) < 4.78 is 0. The van der Waals surface area contributed by atoms with Crippen LogP contribution in [0.25, 0.3) is 0 Å². The van der Waals surface area contributed by atoms with Crippen LogP contribution in [0.3, 0.4) is 0 Å². The van der Waals surface area contributed by atoms with Crippen LogP contribution >= 0.6 is 11.8 Å². The predicted molar refractivity (Wildman–Crippen MR) is 72.4 cm³/mol. The molecule has 0 aromatic heterocycles. The normalized spacial score (nSPS) is 34.7. The van der Waals surface area contributed by atoms with Gasteiger partial charge in [-0.1, -0.05) is 0 Å². The third kappa shape index (κ3) is 3.36. The molecule has 0 bridgehead atoms. The zero-order valence-electron chi connectivity index (χ0n) is 10.7. The molecule has 2 heterocycles. The van der Waals surface area contributed by atoms with E-state index in [4.69, 9.17) is 0 Å². The molecule has 3 atom stereocenters. The first-order chi connectivity index (χ1) is 8.18. The fraction of sp³-hybridized carbons (Fsp3) is 0.917. The topological polar surface area (TPSA) is 44.4 Å². The van der Waals surface area contributed by atoms with Gasteiger partial charge in [0.05, 0.1) is 0 Å². The number of thioether (sulfide) groups is 1. The highest BCUT2D eigenvalue weighted by atomic mass is 32.2. The van der Waals surface area contributed by atoms with E-state index in [2.05, 4.69) is 24.5 Å². The average Bonchev–Trinajstić information content (AvgIpc) is 2.34. The lowest BCUT2D eigenvalue weighted by Crippen LogP contribution is -2.58. The number of rotatable bonds is 2. The number of nitrogens with one attached hydrogen (secondary N) is 2. The van der Waals surface area contributed by atoms with Gasteiger partial charge >= 0.3 is 0 Å². The lowest BCUT2D eigenvalue weighted by molar-refractivity contribution is -0.135. The van der Waals surface area contributed by atoms with Crippen LogP contribution in [0.2, 0.25) is 0 Å². The van der Waals surface area contributed by atoms with Crippen LogP contribution < -0.4 is 10.6 Å². The fourth-order valence-electron chi connectivity index (χ4n) is 2.49. The molecule has 2 N–H and O–H groups in total. The van der Waals surface area contributed by atoms with Gasteiger partial charge in [-0.2, -0.15) is 11.8 Å². The van der Waals surface area contributed by atoms with Gasteiger partial charge in [-0.25, -0.2) is 0 Å². The highest BCUT2D eigenvalue weighted by Crippen LogP contribution is 2.15. The number of hydrogen-bond acceptors (Lipinski definition) is 4. The first-order valence-corrected chi connectivity index (χ1v) is 7.68. The van der Waals surface area contributed by atoms with E-state index in [1.54, 1.807) is 0 Å². The van der Waals surface area contributed by atoms with Crippen molar-refractivity contribution < 1.29 is 4.79 Å². The Bertz CT molecular complexity index is 268. The minimum atomic E-state index is 0.311. The summed E-state index contributed by atoms with van der Waals surface area (Å²) in [6, 6.07) is 1.09. The molecule has 98 valence electrons. The second-order valence-electron chi connectivity index (χ2n) is 5.00. The Morgan fingerprint density at radius 3 is 2.88 bits per heavy atom. The van der Waals surface area contributed by atoms with Gasteiger partial charge in [-0.3, -0.25) is 4.79 Å². The molecule has 5 heteroatoms. The zero-order chi connectivity index (χ0) is 12.3. The van der Waals surface area contributed by atoms with Crippen molar-refractivity contribution in [2.45, 2.75) is 38.4 Å². The van der Waals surface area contributed by atoms with Gasteiger partial charge < -0.3 is 15.5 Å². The minimum Gasteiger partial charge on any atom is -0.337 e. The molecule has 3 unspecified atom stereocenters. The van der Waals surface area contributed by atoms with Crippen molar-refractivity contribution in [2.24, 2.45) is 0 Å². The minimum absolute atomic E-state index is 0.311. The average molecular weight is 257 g/mol. The molecule has 2 fully saturated rings. The molecule has 0 spiro atoms. The second-order valence-corrected chi connectivity index (χ2v) is 6.15. The van der Waals surface area contributed by atoms with Crippen molar-refractivity contribution in [3.05, 3.63) is 0 Å². The van der Waals surface area contributed by atoms with Crippen molar-refractivity contribution in [2.75, 3.05) is 31.1 Å². The van der Waals surface area contributed by atoms with Crippen LogP contribution in [0, 0.1) is 0 Å². The highest BCUT2D eigenvalue weighted by molar-refractivity contribution is 7.99. The van der Waals surface area contributed by atoms with Crippen molar-refractivity contribution in [3.63, 3.8) is 0 Å². The van der Waals surface area contributed by atoms with Gasteiger partial charge in [0.25, 0.3) is 0 Å². The standard InChI is InChI=1S/C12H23N3OS/c1-9-10(2)15(5-3-13-9)12(16)7-11-8-17-6-4-14-11/h9-11,13-14H,3-8H2,1-2H3. The van der Waals surface area contributed by atoms with Crippen molar-refractivity contribution in [1.29, 1.82) is 0 Å². The lowest BCUT2D eigenvalue weighted by Gasteiger charge is -2.39. The summed E-state index contributed by atoms with van der Waals surface area (Å²) in [7, 11) is 0. The first kappa shape index (κ1) is 13.2. The Labute approximate surface area is 108 Å².